The Hall–Kier alpha value is -3.49. The SMILES string of the molecule is COc1c(O)c(C)c(CCCCCCCCCCCC[PH](c2ccccc2)(c2ccccc2)c2ccccc2)c(O)c1OC. The number of phenolic OH excluding ortho intramolecular Hbond substituents is 2. The number of methoxy groups -OCH3 is 2. The largest absolute Gasteiger partial charge is 0.504 e. The molecule has 2 N–H and O–H groups in total. The normalized spacial score (nSPS) is 11.8. The van der Waals surface area contributed by atoms with Gasteiger partial charge in [0.05, 0.1) is 14.2 Å². The van der Waals surface area contributed by atoms with E-state index in [4.69, 9.17) is 9.47 Å². The Bertz CT molecular complexity index is 1310. The van der Waals surface area contributed by atoms with Crippen molar-refractivity contribution in [1.29, 1.82) is 0 Å². The van der Waals surface area contributed by atoms with E-state index in [0.717, 1.165) is 18.4 Å². The van der Waals surface area contributed by atoms with Gasteiger partial charge in [0, 0.05) is 11.1 Å². The fourth-order valence-corrected chi connectivity index (χ4v) is 11.7. The second kappa shape index (κ2) is 17.1. The number of phenols is 2. The molecular formula is C39H51O4P. The Morgan fingerprint density at radius 3 is 1.27 bits per heavy atom. The zero-order valence-corrected chi connectivity index (χ0v) is 27.9. The van der Waals surface area contributed by atoms with Crippen LogP contribution in [-0.4, -0.2) is 30.6 Å². The summed E-state index contributed by atoms with van der Waals surface area (Å²) in [5, 5.41) is 25.7. The Morgan fingerprint density at radius 2 is 0.864 bits per heavy atom. The average molecular weight is 615 g/mol. The molecule has 44 heavy (non-hydrogen) atoms. The van der Waals surface area contributed by atoms with Crippen LogP contribution < -0.4 is 25.4 Å². The molecule has 0 radical (unpaired) electrons. The average Bonchev–Trinajstić information content (AvgIpc) is 3.07. The maximum absolute atomic E-state index is 10.7. The molecule has 4 nitrogen and oxygen atoms in total. The van der Waals surface area contributed by atoms with E-state index in [1.54, 1.807) is 0 Å². The van der Waals surface area contributed by atoms with Crippen LogP contribution in [0.1, 0.15) is 75.3 Å². The van der Waals surface area contributed by atoms with Crippen molar-refractivity contribution in [1.82, 2.24) is 0 Å². The topological polar surface area (TPSA) is 58.9 Å². The molecule has 4 aromatic carbocycles. The van der Waals surface area contributed by atoms with Crippen molar-refractivity contribution < 1.29 is 19.7 Å². The Balaban J connectivity index is 1.21. The van der Waals surface area contributed by atoms with Crippen LogP contribution >= 0.6 is 7.26 Å². The molecule has 0 aliphatic heterocycles. The maximum Gasteiger partial charge on any atom is 0.207 e. The Morgan fingerprint density at radius 1 is 0.500 bits per heavy atom. The summed E-state index contributed by atoms with van der Waals surface area (Å²) in [6.45, 7) is 1.82. The molecule has 0 bridgehead atoms. The van der Waals surface area contributed by atoms with Crippen LogP contribution in [0.15, 0.2) is 91.0 Å². The van der Waals surface area contributed by atoms with Crippen LogP contribution in [0.3, 0.4) is 0 Å². The monoisotopic (exact) mass is 614 g/mol. The molecule has 236 valence electrons. The van der Waals surface area contributed by atoms with Crippen LogP contribution in [0.4, 0.5) is 0 Å². The molecular weight excluding hydrogens is 563 g/mol. The van der Waals surface area contributed by atoms with Crippen molar-refractivity contribution in [3.8, 4) is 23.0 Å². The summed E-state index contributed by atoms with van der Waals surface area (Å²) in [4.78, 5) is 0. The predicted octanol–water partition coefficient (Wildman–Crippen LogP) is 8.59. The van der Waals surface area contributed by atoms with Crippen molar-refractivity contribution in [3.63, 3.8) is 0 Å². The van der Waals surface area contributed by atoms with E-state index >= 15 is 0 Å². The maximum atomic E-state index is 10.7. The van der Waals surface area contributed by atoms with Gasteiger partial charge < -0.3 is 19.7 Å². The van der Waals surface area contributed by atoms with E-state index in [9.17, 15) is 10.2 Å². The van der Waals surface area contributed by atoms with Gasteiger partial charge in [-0.3, -0.25) is 0 Å². The summed E-state index contributed by atoms with van der Waals surface area (Å²) >= 11 is 0. The number of benzene rings is 4. The van der Waals surface area contributed by atoms with E-state index in [2.05, 4.69) is 91.0 Å². The quantitative estimate of drug-likeness (QED) is 0.0670. The molecule has 0 aromatic heterocycles. The molecule has 0 aliphatic carbocycles. The van der Waals surface area contributed by atoms with Crippen LogP contribution in [0.2, 0.25) is 0 Å². The van der Waals surface area contributed by atoms with Crippen LogP contribution in [0, 0.1) is 6.92 Å². The van der Waals surface area contributed by atoms with Crippen molar-refractivity contribution in [2.75, 3.05) is 20.4 Å². The molecule has 0 heterocycles. The first-order valence-electron chi connectivity index (χ1n) is 16.4. The van der Waals surface area contributed by atoms with E-state index in [1.807, 2.05) is 6.92 Å². The first-order chi connectivity index (χ1) is 21.5. The van der Waals surface area contributed by atoms with Crippen molar-refractivity contribution in [3.05, 3.63) is 102 Å². The number of ether oxygens (including phenoxy) is 2. The number of unbranched alkanes of at least 4 members (excludes halogenated alkanes) is 9. The van der Waals surface area contributed by atoms with Crippen molar-refractivity contribution in [2.24, 2.45) is 0 Å². The smallest absolute Gasteiger partial charge is 0.207 e. The Labute approximate surface area is 265 Å². The predicted molar refractivity (Wildman–Crippen MR) is 189 cm³/mol. The van der Waals surface area contributed by atoms with Gasteiger partial charge in [-0.05, 0) is 6.92 Å². The molecule has 0 atom stereocenters. The van der Waals surface area contributed by atoms with Gasteiger partial charge in [0.2, 0.25) is 11.5 Å². The zero-order valence-electron chi connectivity index (χ0n) is 26.9. The molecule has 5 heteroatoms. The summed E-state index contributed by atoms with van der Waals surface area (Å²) in [5.41, 5.74) is 1.41. The number of aromatic hydroxyl groups is 2. The van der Waals surface area contributed by atoms with Crippen molar-refractivity contribution in [2.45, 2.75) is 77.6 Å². The van der Waals surface area contributed by atoms with Crippen LogP contribution in [0.25, 0.3) is 0 Å². The minimum absolute atomic E-state index is 0.0466. The number of rotatable bonds is 18. The van der Waals surface area contributed by atoms with Crippen LogP contribution in [-0.2, 0) is 6.42 Å². The molecule has 0 amide bonds. The second-order valence-electron chi connectivity index (χ2n) is 11.9. The summed E-state index contributed by atoms with van der Waals surface area (Å²) in [6, 6.07) is 33.8. The number of hydrogen-bond donors (Lipinski definition) is 2. The molecule has 4 aromatic rings. The van der Waals surface area contributed by atoms with E-state index in [-0.39, 0.29) is 23.0 Å². The standard InChI is InChI=1S/C39H51O4P/c1-31-35(37(41)39(43-3)38(42-2)36(31)40)29-21-10-8-6-4-5-7-9-11-22-30-44(32-23-15-12-16-24-32,33-25-17-13-18-26-33)34-27-19-14-20-28-34/h12-20,23-28,40-41,44H,4-11,21-22,29-30H2,1-3H3. The van der Waals surface area contributed by atoms with Gasteiger partial charge in [0.1, 0.15) is 0 Å². The third-order valence-corrected chi connectivity index (χ3v) is 14.2. The molecule has 0 saturated carbocycles. The molecule has 0 aliphatic rings. The summed E-state index contributed by atoms with van der Waals surface area (Å²) < 4.78 is 10.5. The molecule has 0 spiro atoms. The van der Waals surface area contributed by atoms with E-state index in [0.29, 0.717) is 12.0 Å². The first kappa shape index (κ1) is 33.4. The van der Waals surface area contributed by atoms with Gasteiger partial charge in [-0.15, -0.1) is 0 Å². The summed E-state index contributed by atoms with van der Waals surface area (Å²) in [6.07, 6.45) is 14.2. The van der Waals surface area contributed by atoms with Crippen molar-refractivity contribution >= 4 is 23.2 Å². The third kappa shape index (κ3) is 7.96. The fraction of sp³-hybridized carbons (Fsp3) is 0.385. The first-order valence-corrected chi connectivity index (χ1v) is 18.6. The summed E-state index contributed by atoms with van der Waals surface area (Å²) in [5.74, 6) is 0.524. The van der Waals surface area contributed by atoms with Gasteiger partial charge in [-0.2, -0.15) is 0 Å². The van der Waals surface area contributed by atoms with Crippen LogP contribution in [0.5, 0.6) is 23.0 Å². The van der Waals surface area contributed by atoms with Gasteiger partial charge >= 0.3 is 191 Å². The van der Waals surface area contributed by atoms with E-state index in [1.165, 1.54) is 87.7 Å². The zero-order chi connectivity index (χ0) is 31.2. The third-order valence-electron chi connectivity index (χ3n) is 9.17. The Kier molecular flexibility index (Phi) is 13.0. The van der Waals surface area contributed by atoms with Gasteiger partial charge in [0.15, 0.2) is 11.5 Å². The number of hydrogen-bond acceptors (Lipinski definition) is 4. The minimum Gasteiger partial charge on any atom is -0.504 e. The molecule has 4 rings (SSSR count). The fourth-order valence-electron chi connectivity index (χ4n) is 6.73. The van der Waals surface area contributed by atoms with Gasteiger partial charge in [-0.1, -0.05) is 0 Å². The van der Waals surface area contributed by atoms with E-state index < -0.39 is 7.26 Å². The molecule has 0 saturated heterocycles. The minimum atomic E-state index is -2.11. The molecule has 0 unspecified atom stereocenters. The molecule has 0 fully saturated rings. The van der Waals surface area contributed by atoms with Gasteiger partial charge in [0.25, 0.3) is 0 Å². The second-order valence-corrected chi connectivity index (χ2v) is 15.9. The summed E-state index contributed by atoms with van der Waals surface area (Å²) in [7, 11) is 0.836. The van der Waals surface area contributed by atoms with Gasteiger partial charge in [-0.25, -0.2) is 0 Å².